The topological polar surface area (TPSA) is 12.0 Å². The standard InChI is InChI=1S/C13H21NS/c1-4-15-7-5-6-14-13-9-11(2)8-12(3)10-13/h8-10,14H,4-7H2,1-3H3. The number of hydrogen-bond donors (Lipinski definition) is 1. The molecule has 1 nitrogen and oxygen atoms in total. The van der Waals surface area contributed by atoms with E-state index in [0.717, 1.165) is 6.54 Å². The lowest BCUT2D eigenvalue weighted by atomic mass is 10.1. The molecule has 0 heterocycles. The Labute approximate surface area is 97.7 Å². The van der Waals surface area contributed by atoms with Gasteiger partial charge in [-0.15, -0.1) is 0 Å². The van der Waals surface area contributed by atoms with E-state index in [9.17, 15) is 0 Å². The number of rotatable bonds is 6. The second kappa shape index (κ2) is 6.78. The molecular weight excluding hydrogens is 202 g/mol. The van der Waals surface area contributed by atoms with E-state index in [0.29, 0.717) is 0 Å². The second-order valence-corrected chi connectivity index (χ2v) is 5.25. The molecule has 0 saturated heterocycles. The van der Waals surface area contributed by atoms with Crippen LogP contribution in [-0.2, 0) is 0 Å². The molecule has 0 aliphatic carbocycles. The highest BCUT2D eigenvalue weighted by atomic mass is 32.2. The van der Waals surface area contributed by atoms with Crippen LogP contribution in [-0.4, -0.2) is 18.1 Å². The average Bonchev–Trinajstić information content (AvgIpc) is 2.16. The van der Waals surface area contributed by atoms with E-state index in [1.54, 1.807) is 0 Å². The Bertz CT molecular complexity index is 276. The van der Waals surface area contributed by atoms with Crippen LogP contribution in [0.2, 0.25) is 0 Å². The molecule has 0 aliphatic rings. The SMILES string of the molecule is CCSCCCNc1cc(C)cc(C)c1. The predicted octanol–water partition coefficient (Wildman–Crippen LogP) is 3.86. The van der Waals surface area contributed by atoms with Crippen molar-refractivity contribution in [3.8, 4) is 0 Å². The van der Waals surface area contributed by atoms with Crippen molar-refractivity contribution < 1.29 is 0 Å². The highest BCUT2D eigenvalue weighted by Crippen LogP contribution is 2.13. The van der Waals surface area contributed by atoms with Gasteiger partial charge in [0.2, 0.25) is 0 Å². The van der Waals surface area contributed by atoms with Crippen LogP contribution in [0, 0.1) is 13.8 Å². The normalized spacial score (nSPS) is 10.3. The van der Waals surface area contributed by atoms with Crippen molar-refractivity contribution >= 4 is 17.4 Å². The first-order valence-corrected chi connectivity index (χ1v) is 6.77. The first-order valence-electron chi connectivity index (χ1n) is 5.62. The van der Waals surface area contributed by atoms with Crippen LogP contribution >= 0.6 is 11.8 Å². The van der Waals surface area contributed by atoms with Crippen molar-refractivity contribution in [2.45, 2.75) is 27.2 Å². The second-order valence-electron chi connectivity index (χ2n) is 3.85. The summed E-state index contributed by atoms with van der Waals surface area (Å²) in [6.45, 7) is 7.58. The molecule has 2 heteroatoms. The van der Waals surface area contributed by atoms with Crippen LogP contribution in [0.3, 0.4) is 0 Å². The fraction of sp³-hybridized carbons (Fsp3) is 0.538. The molecule has 0 spiro atoms. The molecule has 1 rings (SSSR count). The highest BCUT2D eigenvalue weighted by Gasteiger charge is 1.94. The van der Waals surface area contributed by atoms with Gasteiger partial charge in [-0.3, -0.25) is 0 Å². The molecular formula is C13H21NS. The van der Waals surface area contributed by atoms with Gasteiger partial charge in [0.25, 0.3) is 0 Å². The Hall–Kier alpha value is -0.630. The molecule has 84 valence electrons. The van der Waals surface area contributed by atoms with Gasteiger partial charge in [-0.1, -0.05) is 13.0 Å². The van der Waals surface area contributed by atoms with E-state index >= 15 is 0 Å². The summed E-state index contributed by atoms with van der Waals surface area (Å²) in [5, 5.41) is 3.47. The number of thioether (sulfide) groups is 1. The van der Waals surface area contributed by atoms with Crippen molar-refractivity contribution in [3.05, 3.63) is 29.3 Å². The van der Waals surface area contributed by atoms with Crippen LogP contribution in [0.1, 0.15) is 24.5 Å². The monoisotopic (exact) mass is 223 g/mol. The smallest absolute Gasteiger partial charge is 0.0345 e. The molecule has 0 radical (unpaired) electrons. The van der Waals surface area contributed by atoms with Crippen LogP contribution in [0.5, 0.6) is 0 Å². The van der Waals surface area contributed by atoms with E-state index in [1.165, 1.54) is 34.7 Å². The number of benzene rings is 1. The fourth-order valence-electron chi connectivity index (χ4n) is 1.63. The van der Waals surface area contributed by atoms with Crippen molar-refractivity contribution in [3.63, 3.8) is 0 Å². The summed E-state index contributed by atoms with van der Waals surface area (Å²) in [6.07, 6.45) is 1.24. The Morgan fingerprint density at radius 2 is 1.80 bits per heavy atom. The van der Waals surface area contributed by atoms with E-state index in [2.05, 4.69) is 44.3 Å². The molecule has 0 unspecified atom stereocenters. The predicted molar refractivity (Wildman–Crippen MR) is 72.0 cm³/mol. The number of aryl methyl sites for hydroxylation is 2. The van der Waals surface area contributed by atoms with Crippen LogP contribution in [0.25, 0.3) is 0 Å². The van der Waals surface area contributed by atoms with Crippen molar-refractivity contribution in [2.24, 2.45) is 0 Å². The van der Waals surface area contributed by atoms with Gasteiger partial charge in [-0.2, -0.15) is 11.8 Å². The van der Waals surface area contributed by atoms with Gasteiger partial charge < -0.3 is 5.32 Å². The summed E-state index contributed by atoms with van der Waals surface area (Å²) in [7, 11) is 0. The Morgan fingerprint density at radius 3 is 2.40 bits per heavy atom. The summed E-state index contributed by atoms with van der Waals surface area (Å²) in [6, 6.07) is 6.62. The summed E-state index contributed by atoms with van der Waals surface area (Å²) in [5.41, 5.74) is 3.93. The van der Waals surface area contributed by atoms with Crippen molar-refractivity contribution in [1.29, 1.82) is 0 Å². The number of anilines is 1. The molecule has 1 aromatic carbocycles. The Morgan fingerprint density at radius 1 is 1.13 bits per heavy atom. The molecule has 0 saturated carbocycles. The molecule has 0 bridgehead atoms. The first-order chi connectivity index (χ1) is 7.22. The molecule has 1 N–H and O–H groups in total. The molecule has 0 atom stereocenters. The number of hydrogen-bond acceptors (Lipinski definition) is 2. The van der Waals surface area contributed by atoms with Gasteiger partial charge in [0.15, 0.2) is 0 Å². The van der Waals surface area contributed by atoms with E-state index in [-0.39, 0.29) is 0 Å². The third kappa shape index (κ3) is 5.12. The van der Waals surface area contributed by atoms with Gasteiger partial charge in [0, 0.05) is 12.2 Å². The lowest BCUT2D eigenvalue weighted by molar-refractivity contribution is 0.991. The van der Waals surface area contributed by atoms with Gasteiger partial charge in [0.05, 0.1) is 0 Å². The maximum atomic E-state index is 3.47. The minimum atomic E-state index is 1.08. The first kappa shape index (κ1) is 12.4. The van der Waals surface area contributed by atoms with Gasteiger partial charge in [-0.25, -0.2) is 0 Å². The molecule has 1 aromatic rings. The van der Waals surface area contributed by atoms with Crippen molar-refractivity contribution in [2.75, 3.05) is 23.4 Å². The minimum absolute atomic E-state index is 1.08. The van der Waals surface area contributed by atoms with Gasteiger partial charge >= 0.3 is 0 Å². The van der Waals surface area contributed by atoms with Crippen LogP contribution < -0.4 is 5.32 Å². The maximum absolute atomic E-state index is 3.47. The molecule has 0 aliphatic heterocycles. The molecule has 15 heavy (non-hydrogen) atoms. The third-order valence-electron chi connectivity index (χ3n) is 2.22. The Kier molecular flexibility index (Phi) is 5.62. The zero-order valence-corrected chi connectivity index (χ0v) is 10.8. The summed E-state index contributed by atoms with van der Waals surface area (Å²) >= 11 is 2.01. The quantitative estimate of drug-likeness (QED) is 0.735. The lowest BCUT2D eigenvalue weighted by Gasteiger charge is -2.08. The molecule has 0 aromatic heterocycles. The zero-order valence-electron chi connectivity index (χ0n) is 9.97. The number of nitrogens with one attached hydrogen (secondary N) is 1. The lowest BCUT2D eigenvalue weighted by Crippen LogP contribution is -2.03. The zero-order chi connectivity index (χ0) is 11.1. The highest BCUT2D eigenvalue weighted by molar-refractivity contribution is 7.99. The van der Waals surface area contributed by atoms with Gasteiger partial charge in [-0.05, 0) is 55.0 Å². The summed E-state index contributed by atoms with van der Waals surface area (Å²) in [5.74, 6) is 2.48. The largest absolute Gasteiger partial charge is 0.385 e. The Balaban J connectivity index is 2.31. The van der Waals surface area contributed by atoms with E-state index in [4.69, 9.17) is 0 Å². The minimum Gasteiger partial charge on any atom is -0.385 e. The third-order valence-corrected chi connectivity index (χ3v) is 3.21. The van der Waals surface area contributed by atoms with Gasteiger partial charge in [0.1, 0.15) is 0 Å². The van der Waals surface area contributed by atoms with Crippen LogP contribution in [0.15, 0.2) is 18.2 Å². The van der Waals surface area contributed by atoms with E-state index < -0.39 is 0 Å². The molecule has 0 amide bonds. The summed E-state index contributed by atoms with van der Waals surface area (Å²) in [4.78, 5) is 0. The fourth-order valence-corrected chi connectivity index (χ4v) is 2.27. The maximum Gasteiger partial charge on any atom is 0.0345 e. The summed E-state index contributed by atoms with van der Waals surface area (Å²) < 4.78 is 0. The molecule has 0 fully saturated rings. The van der Waals surface area contributed by atoms with Crippen molar-refractivity contribution in [1.82, 2.24) is 0 Å². The van der Waals surface area contributed by atoms with Crippen LogP contribution in [0.4, 0.5) is 5.69 Å². The average molecular weight is 223 g/mol. The van der Waals surface area contributed by atoms with E-state index in [1.807, 2.05) is 11.8 Å².